The molecule has 1 atom stereocenters. The molecule has 5 nitrogen and oxygen atoms in total. The van der Waals surface area contributed by atoms with Crippen molar-refractivity contribution in [1.29, 1.82) is 0 Å². The fourth-order valence-corrected chi connectivity index (χ4v) is 3.16. The summed E-state index contributed by atoms with van der Waals surface area (Å²) in [6, 6.07) is 13.4. The van der Waals surface area contributed by atoms with Gasteiger partial charge in [0.1, 0.15) is 5.82 Å². The number of amides is 3. The second kappa shape index (κ2) is 8.20. The van der Waals surface area contributed by atoms with Gasteiger partial charge in [-0.3, -0.25) is 4.79 Å². The summed E-state index contributed by atoms with van der Waals surface area (Å²) < 4.78 is 13.1. The fraction of sp³-hybridized carbons (Fsp3) is 0.333. The maximum Gasteiger partial charge on any atom is 0.317 e. The van der Waals surface area contributed by atoms with Gasteiger partial charge in [0.15, 0.2) is 0 Å². The molecule has 0 bridgehead atoms. The molecule has 1 saturated heterocycles. The molecule has 1 aliphatic rings. The van der Waals surface area contributed by atoms with E-state index in [0.29, 0.717) is 13.0 Å². The molecule has 0 radical (unpaired) electrons. The Bertz CT molecular complexity index is 805. The van der Waals surface area contributed by atoms with E-state index in [9.17, 15) is 14.0 Å². The lowest BCUT2D eigenvalue weighted by molar-refractivity contribution is -0.117. The molecular weight excluding hydrogens is 345 g/mol. The predicted molar refractivity (Wildman–Crippen MR) is 103 cm³/mol. The Hall–Kier alpha value is -2.89. The predicted octanol–water partition coefficient (Wildman–Crippen LogP) is 3.86. The van der Waals surface area contributed by atoms with Gasteiger partial charge in [-0.15, -0.1) is 0 Å². The van der Waals surface area contributed by atoms with Crippen LogP contribution in [-0.4, -0.2) is 30.4 Å². The van der Waals surface area contributed by atoms with Crippen LogP contribution in [0.15, 0.2) is 48.5 Å². The molecule has 1 heterocycles. The SMILES string of the molecule is CC(c1ccc(F)cc1)N(C)C(=O)NCc1ccc(N2CCCC2=O)cc1. The Balaban J connectivity index is 1.55. The van der Waals surface area contributed by atoms with Crippen LogP contribution in [0.3, 0.4) is 0 Å². The molecule has 1 unspecified atom stereocenters. The first-order valence-electron chi connectivity index (χ1n) is 9.11. The van der Waals surface area contributed by atoms with Crippen LogP contribution in [-0.2, 0) is 11.3 Å². The lowest BCUT2D eigenvalue weighted by atomic mass is 10.1. The number of rotatable bonds is 5. The average Bonchev–Trinajstić information content (AvgIpc) is 3.12. The monoisotopic (exact) mass is 369 g/mol. The van der Waals surface area contributed by atoms with Gasteiger partial charge in [0, 0.05) is 32.2 Å². The van der Waals surface area contributed by atoms with Gasteiger partial charge in [0.25, 0.3) is 0 Å². The van der Waals surface area contributed by atoms with Crippen molar-refractivity contribution in [2.24, 2.45) is 0 Å². The van der Waals surface area contributed by atoms with E-state index in [1.807, 2.05) is 31.2 Å². The van der Waals surface area contributed by atoms with Crippen LogP contribution in [0.1, 0.15) is 36.9 Å². The maximum absolute atomic E-state index is 13.1. The van der Waals surface area contributed by atoms with Gasteiger partial charge in [0.2, 0.25) is 5.91 Å². The molecule has 0 spiro atoms. The van der Waals surface area contributed by atoms with Gasteiger partial charge >= 0.3 is 6.03 Å². The number of benzene rings is 2. The standard InChI is InChI=1S/C21H24FN3O2/c1-15(17-7-9-18(22)10-8-17)24(2)21(27)23-14-16-5-11-19(12-6-16)25-13-3-4-20(25)26/h5-12,15H,3-4,13-14H2,1-2H3,(H,23,27). The number of carbonyl (C=O) groups excluding carboxylic acids is 2. The molecule has 1 N–H and O–H groups in total. The van der Waals surface area contributed by atoms with Crippen LogP contribution >= 0.6 is 0 Å². The van der Waals surface area contributed by atoms with Crippen molar-refractivity contribution in [3.05, 3.63) is 65.5 Å². The zero-order valence-electron chi connectivity index (χ0n) is 15.6. The average molecular weight is 369 g/mol. The molecule has 1 aliphatic heterocycles. The van der Waals surface area contributed by atoms with Crippen LogP contribution in [0, 0.1) is 5.82 Å². The summed E-state index contributed by atoms with van der Waals surface area (Å²) in [6.07, 6.45) is 1.51. The highest BCUT2D eigenvalue weighted by Gasteiger charge is 2.21. The minimum atomic E-state index is -0.294. The summed E-state index contributed by atoms with van der Waals surface area (Å²) >= 11 is 0. The van der Waals surface area contributed by atoms with Gasteiger partial charge < -0.3 is 15.1 Å². The molecule has 0 aliphatic carbocycles. The van der Waals surface area contributed by atoms with Crippen molar-refractivity contribution in [2.45, 2.75) is 32.4 Å². The van der Waals surface area contributed by atoms with Crippen molar-refractivity contribution in [3.8, 4) is 0 Å². The van der Waals surface area contributed by atoms with Crippen molar-refractivity contribution < 1.29 is 14.0 Å². The van der Waals surface area contributed by atoms with E-state index in [4.69, 9.17) is 0 Å². The number of anilines is 1. The quantitative estimate of drug-likeness (QED) is 0.870. The number of nitrogens with one attached hydrogen (secondary N) is 1. The molecule has 3 amide bonds. The van der Waals surface area contributed by atoms with Crippen molar-refractivity contribution in [3.63, 3.8) is 0 Å². The summed E-state index contributed by atoms with van der Waals surface area (Å²) in [5.41, 5.74) is 2.73. The van der Waals surface area contributed by atoms with E-state index >= 15 is 0 Å². The van der Waals surface area contributed by atoms with Crippen molar-refractivity contribution >= 4 is 17.6 Å². The zero-order chi connectivity index (χ0) is 19.4. The van der Waals surface area contributed by atoms with Crippen LogP contribution in [0.25, 0.3) is 0 Å². The number of urea groups is 1. The second-order valence-corrected chi connectivity index (χ2v) is 6.81. The number of hydrogen-bond donors (Lipinski definition) is 1. The molecule has 27 heavy (non-hydrogen) atoms. The van der Waals surface area contributed by atoms with E-state index in [1.165, 1.54) is 12.1 Å². The first-order chi connectivity index (χ1) is 13.0. The van der Waals surface area contributed by atoms with Crippen LogP contribution in [0.2, 0.25) is 0 Å². The highest BCUT2D eigenvalue weighted by atomic mass is 19.1. The number of halogens is 1. The minimum Gasteiger partial charge on any atom is -0.334 e. The van der Waals surface area contributed by atoms with E-state index in [2.05, 4.69) is 5.32 Å². The Morgan fingerprint density at radius 3 is 2.44 bits per heavy atom. The lowest BCUT2D eigenvalue weighted by Crippen LogP contribution is -2.38. The number of hydrogen-bond acceptors (Lipinski definition) is 2. The Morgan fingerprint density at radius 1 is 1.19 bits per heavy atom. The number of carbonyl (C=O) groups is 2. The molecule has 0 aromatic heterocycles. The molecule has 142 valence electrons. The summed E-state index contributed by atoms with van der Waals surface area (Å²) in [6.45, 7) is 3.06. The molecule has 3 rings (SSSR count). The van der Waals surface area contributed by atoms with Crippen LogP contribution < -0.4 is 10.2 Å². The van der Waals surface area contributed by atoms with E-state index in [0.717, 1.165) is 29.8 Å². The minimum absolute atomic E-state index is 0.160. The van der Waals surface area contributed by atoms with Gasteiger partial charge in [-0.1, -0.05) is 24.3 Å². The third kappa shape index (κ3) is 4.45. The number of nitrogens with zero attached hydrogens (tertiary/aromatic N) is 2. The van der Waals surface area contributed by atoms with E-state index < -0.39 is 0 Å². The van der Waals surface area contributed by atoms with Gasteiger partial charge in [0.05, 0.1) is 6.04 Å². The highest BCUT2D eigenvalue weighted by molar-refractivity contribution is 5.95. The molecule has 2 aromatic carbocycles. The summed E-state index contributed by atoms with van der Waals surface area (Å²) in [4.78, 5) is 27.6. The maximum atomic E-state index is 13.1. The first kappa shape index (κ1) is 18.9. The summed E-state index contributed by atoms with van der Waals surface area (Å²) in [5.74, 6) is -0.135. The molecular formula is C21H24FN3O2. The van der Waals surface area contributed by atoms with E-state index in [1.54, 1.807) is 29.0 Å². The van der Waals surface area contributed by atoms with Gasteiger partial charge in [-0.25, -0.2) is 9.18 Å². The van der Waals surface area contributed by atoms with Crippen LogP contribution in [0.4, 0.5) is 14.9 Å². The van der Waals surface area contributed by atoms with Crippen LogP contribution in [0.5, 0.6) is 0 Å². The van der Waals surface area contributed by atoms with E-state index in [-0.39, 0.29) is 23.8 Å². The first-order valence-corrected chi connectivity index (χ1v) is 9.11. The normalized spacial score (nSPS) is 14.9. The summed E-state index contributed by atoms with van der Waals surface area (Å²) in [7, 11) is 1.71. The third-order valence-corrected chi connectivity index (χ3v) is 5.02. The Kier molecular flexibility index (Phi) is 5.74. The highest BCUT2D eigenvalue weighted by Crippen LogP contribution is 2.22. The largest absolute Gasteiger partial charge is 0.334 e. The smallest absolute Gasteiger partial charge is 0.317 e. The second-order valence-electron chi connectivity index (χ2n) is 6.81. The van der Waals surface area contributed by atoms with Gasteiger partial charge in [-0.05, 0) is 48.7 Å². The van der Waals surface area contributed by atoms with Gasteiger partial charge in [-0.2, -0.15) is 0 Å². The Labute approximate surface area is 158 Å². The van der Waals surface area contributed by atoms with Crippen molar-refractivity contribution in [2.75, 3.05) is 18.5 Å². The zero-order valence-corrected chi connectivity index (χ0v) is 15.6. The Morgan fingerprint density at radius 2 is 1.85 bits per heavy atom. The third-order valence-electron chi connectivity index (χ3n) is 5.02. The fourth-order valence-electron chi connectivity index (χ4n) is 3.16. The van der Waals surface area contributed by atoms with Crippen molar-refractivity contribution in [1.82, 2.24) is 10.2 Å². The topological polar surface area (TPSA) is 52.7 Å². The molecule has 6 heteroatoms. The molecule has 2 aromatic rings. The summed E-state index contributed by atoms with van der Waals surface area (Å²) in [5, 5.41) is 2.89. The molecule has 0 saturated carbocycles. The lowest BCUT2D eigenvalue weighted by Gasteiger charge is -2.25. The molecule has 1 fully saturated rings.